The lowest BCUT2D eigenvalue weighted by molar-refractivity contribution is -0.153. The van der Waals surface area contributed by atoms with Crippen molar-refractivity contribution in [2.24, 2.45) is 0 Å². The van der Waals surface area contributed by atoms with Gasteiger partial charge in [-0.25, -0.2) is 9.97 Å². The van der Waals surface area contributed by atoms with Gasteiger partial charge in [-0.1, -0.05) is 15.9 Å². The highest BCUT2D eigenvalue weighted by Gasteiger charge is 2.19. The van der Waals surface area contributed by atoms with Gasteiger partial charge in [0.1, 0.15) is 11.5 Å². The Balaban J connectivity index is 0.000000142. The highest BCUT2D eigenvalue weighted by molar-refractivity contribution is 9.09. The van der Waals surface area contributed by atoms with Gasteiger partial charge in [0, 0.05) is 48.7 Å². The second-order valence-electron chi connectivity index (χ2n) is 8.69. The first-order chi connectivity index (χ1) is 17.9. The lowest BCUT2D eigenvalue weighted by atomic mass is 10.4. The summed E-state index contributed by atoms with van der Waals surface area (Å²) in [6, 6.07) is 0. The molecule has 3 aliphatic carbocycles. The van der Waals surface area contributed by atoms with E-state index in [1.165, 1.54) is 61.0 Å². The second-order valence-corrected chi connectivity index (χ2v) is 11.4. The zero-order valence-corrected chi connectivity index (χ0v) is 24.4. The van der Waals surface area contributed by atoms with Crippen LogP contribution in [0.25, 0.3) is 4.96 Å². The molecule has 0 spiro atoms. The van der Waals surface area contributed by atoms with Gasteiger partial charge in [0.05, 0.1) is 11.0 Å². The van der Waals surface area contributed by atoms with Gasteiger partial charge in [0.15, 0.2) is 22.2 Å². The number of imidazole rings is 1. The number of aldehydes is 1. The molecule has 37 heavy (non-hydrogen) atoms. The van der Waals surface area contributed by atoms with Crippen molar-refractivity contribution in [1.82, 2.24) is 14.4 Å². The Hall–Kier alpha value is -1.99. The molecular formula is C25H33BrN4O5S2. The SMILES string of the molecule is COC(OC)C(=O)CBr.Nc1nc2c(s1)CCC2.O=C1CCCC1.O=Cc1cn2c3c(sc2n1)CCC3. The van der Waals surface area contributed by atoms with Crippen LogP contribution in [-0.2, 0) is 44.7 Å². The van der Waals surface area contributed by atoms with Crippen molar-refractivity contribution < 1.29 is 23.9 Å². The molecule has 9 nitrogen and oxygen atoms in total. The van der Waals surface area contributed by atoms with Crippen LogP contribution in [-0.4, -0.2) is 58.1 Å². The molecule has 3 aliphatic rings. The van der Waals surface area contributed by atoms with Crippen molar-refractivity contribution in [3.63, 3.8) is 0 Å². The molecule has 0 amide bonds. The molecule has 6 rings (SSSR count). The standard InChI is InChI=1S/C9H8N2OS.C6H8N2S.C5H9BrO3.C5H8O/c12-5-6-4-11-7-2-1-3-8(7)13-9(11)10-6;7-6-8-4-2-1-3-5(4)9-6;1-8-5(9-2)4(7)3-6;6-5-3-1-2-4-5/h4-5H,1-3H2;1-3H2,(H2,7,8);5H,3H2,1-2H3;1-4H2. The molecule has 0 saturated heterocycles. The summed E-state index contributed by atoms with van der Waals surface area (Å²) >= 11 is 6.35. The first-order valence-electron chi connectivity index (χ1n) is 12.2. The van der Waals surface area contributed by atoms with Gasteiger partial charge in [-0.05, 0) is 51.4 Å². The quantitative estimate of drug-likeness (QED) is 0.251. The number of carbonyl (C=O) groups is 3. The smallest absolute Gasteiger partial charge is 0.218 e. The van der Waals surface area contributed by atoms with E-state index in [0.29, 0.717) is 11.5 Å². The van der Waals surface area contributed by atoms with Crippen LogP contribution >= 0.6 is 38.6 Å². The van der Waals surface area contributed by atoms with Gasteiger partial charge in [0.2, 0.25) is 6.29 Å². The fraction of sp³-hybridized carbons (Fsp3) is 0.560. The number of nitrogen functional groups attached to an aromatic ring is 1. The van der Waals surface area contributed by atoms with Crippen LogP contribution in [0, 0.1) is 0 Å². The molecule has 1 fully saturated rings. The number of fused-ring (bicyclic) bond motifs is 4. The number of ketones is 2. The average molecular weight is 614 g/mol. The van der Waals surface area contributed by atoms with E-state index in [1.54, 1.807) is 22.7 Å². The number of alkyl halides is 1. The van der Waals surface area contributed by atoms with Crippen molar-refractivity contribution in [2.45, 2.75) is 70.5 Å². The minimum atomic E-state index is -0.718. The maximum Gasteiger partial charge on any atom is 0.218 e. The van der Waals surface area contributed by atoms with Crippen LogP contribution in [0.4, 0.5) is 5.13 Å². The van der Waals surface area contributed by atoms with Gasteiger partial charge in [-0.2, -0.15) is 0 Å². The van der Waals surface area contributed by atoms with Gasteiger partial charge >= 0.3 is 0 Å². The number of carbonyl (C=O) groups excluding carboxylic acids is 3. The number of thiazole rings is 2. The molecule has 12 heteroatoms. The largest absolute Gasteiger partial charge is 0.375 e. The highest BCUT2D eigenvalue weighted by atomic mass is 79.9. The molecule has 0 aromatic carbocycles. The van der Waals surface area contributed by atoms with E-state index < -0.39 is 6.29 Å². The minimum absolute atomic E-state index is 0.111. The summed E-state index contributed by atoms with van der Waals surface area (Å²) in [5, 5.41) is 0.999. The molecule has 3 aromatic rings. The summed E-state index contributed by atoms with van der Waals surface area (Å²) in [7, 11) is 2.85. The molecule has 0 bridgehead atoms. The van der Waals surface area contributed by atoms with Crippen molar-refractivity contribution in [3.8, 4) is 0 Å². The number of halogens is 1. The molecule has 3 heterocycles. The number of Topliss-reactive ketones (excluding diaryl/α,β-unsaturated/α-hetero) is 2. The first-order valence-corrected chi connectivity index (χ1v) is 15.0. The molecule has 0 aliphatic heterocycles. The van der Waals surface area contributed by atoms with Crippen molar-refractivity contribution in [2.75, 3.05) is 25.3 Å². The summed E-state index contributed by atoms with van der Waals surface area (Å²) in [4.78, 5) is 43.6. The van der Waals surface area contributed by atoms with Gasteiger partial charge < -0.3 is 15.2 Å². The number of hydrogen-bond donors (Lipinski definition) is 1. The summed E-state index contributed by atoms with van der Waals surface area (Å²) in [5.41, 5.74) is 8.65. The first kappa shape index (κ1) is 29.6. The zero-order chi connectivity index (χ0) is 26.8. The molecule has 3 aromatic heterocycles. The molecular weight excluding hydrogens is 580 g/mol. The maximum atomic E-state index is 10.7. The minimum Gasteiger partial charge on any atom is -0.375 e. The van der Waals surface area contributed by atoms with Gasteiger partial charge in [0.25, 0.3) is 0 Å². The molecule has 0 unspecified atom stereocenters. The average Bonchev–Trinajstić information content (AvgIpc) is 3.70. The third-order valence-corrected chi connectivity index (χ3v) is 8.75. The van der Waals surface area contributed by atoms with E-state index in [-0.39, 0.29) is 11.1 Å². The number of hydrogen-bond acceptors (Lipinski definition) is 10. The van der Waals surface area contributed by atoms with Crippen LogP contribution in [0.2, 0.25) is 0 Å². The maximum absolute atomic E-state index is 10.7. The van der Waals surface area contributed by atoms with E-state index in [2.05, 4.69) is 39.8 Å². The Morgan fingerprint density at radius 1 is 1.05 bits per heavy atom. The third kappa shape index (κ3) is 8.25. The zero-order valence-electron chi connectivity index (χ0n) is 21.2. The van der Waals surface area contributed by atoms with E-state index in [9.17, 15) is 14.4 Å². The molecule has 2 N–H and O–H groups in total. The number of aromatic nitrogens is 3. The number of methoxy groups -OCH3 is 2. The van der Waals surface area contributed by atoms with Crippen LogP contribution in [0.15, 0.2) is 6.20 Å². The monoisotopic (exact) mass is 612 g/mol. The Morgan fingerprint density at radius 2 is 1.73 bits per heavy atom. The number of ether oxygens (including phenoxy) is 2. The van der Waals surface area contributed by atoms with Gasteiger partial charge in [-0.3, -0.25) is 18.8 Å². The normalized spacial score (nSPS) is 15.3. The lowest BCUT2D eigenvalue weighted by Gasteiger charge is -2.08. The lowest BCUT2D eigenvalue weighted by Crippen LogP contribution is -2.25. The van der Waals surface area contributed by atoms with E-state index in [0.717, 1.165) is 54.9 Å². The van der Waals surface area contributed by atoms with Crippen LogP contribution < -0.4 is 5.73 Å². The highest BCUT2D eigenvalue weighted by Crippen LogP contribution is 2.30. The predicted octanol–water partition coefficient (Wildman–Crippen LogP) is 4.61. The molecule has 1 saturated carbocycles. The molecule has 0 atom stereocenters. The number of nitrogens with zero attached hydrogens (tertiary/aromatic N) is 3. The van der Waals surface area contributed by atoms with E-state index >= 15 is 0 Å². The summed E-state index contributed by atoms with van der Waals surface area (Å²) in [5.74, 6) is 0.343. The number of anilines is 1. The van der Waals surface area contributed by atoms with Crippen molar-refractivity contribution >= 4 is 66.5 Å². The van der Waals surface area contributed by atoms with E-state index in [1.807, 2.05) is 6.20 Å². The number of rotatable bonds is 5. The molecule has 0 radical (unpaired) electrons. The van der Waals surface area contributed by atoms with E-state index in [4.69, 9.17) is 5.73 Å². The fourth-order valence-electron chi connectivity index (χ4n) is 4.28. The molecule has 202 valence electrons. The predicted molar refractivity (Wildman–Crippen MR) is 149 cm³/mol. The summed E-state index contributed by atoms with van der Waals surface area (Å²) in [6.07, 6.45) is 13.1. The second kappa shape index (κ2) is 14.8. The topological polar surface area (TPSA) is 126 Å². The van der Waals surface area contributed by atoms with Crippen LogP contribution in [0.1, 0.15) is 70.2 Å². The Labute approximate surface area is 232 Å². The third-order valence-electron chi connectivity index (χ3n) is 6.05. The van der Waals surface area contributed by atoms with Crippen LogP contribution in [0.3, 0.4) is 0 Å². The van der Waals surface area contributed by atoms with Crippen molar-refractivity contribution in [3.05, 3.63) is 33.0 Å². The van der Waals surface area contributed by atoms with Crippen molar-refractivity contribution in [1.29, 1.82) is 0 Å². The fourth-order valence-corrected chi connectivity index (χ4v) is 6.66. The Bertz CT molecular complexity index is 1170. The van der Waals surface area contributed by atoms with Crippen LogP contribution in [0.5, 0.6) is 0 Å². The Morgan fingerprint density at radius 3 is 2.27 bits per heavy atom. The summed E-state index contributed by atoms with van der Waals surface area (Å²) in [6.45, 7) is 0. The Kier molecular flexibility index (Phi) is 11.8. The van der Waals surface area contributed by atoms with Gasteiger partial charge in [-0.15, -0.1) is 22.7 Å². The number of aryl methyl sites for hydroxylation is 4. The number of nitrogens with two attached hydrogens (primary N) is 1. The summed E-state index contributed by atoms with van der Waals surface area (Å²) < 4.78 is 11.4.